The number of carbonyl (C=O) groups is 7. The lowest BCUT2D eigenvalue weighted by Crippen LogP contribution is -2.58. The Labute approximate surface area is 369 Å². The highest BCUT2D eigenvalue weighted by atomic mass is 19.4. The topological polar surface area (TPSA) is 209 Å². The number of carbonyl (C=O) groups excluding carboxylic acids is 7. The number of rotatable bonds is 7. The summed E-state index contributed by atoms with van der Waals surface area (Å²) in [7, 11) is 2.58. The fourth-order valence-electron chi connectivity index (χ4n) is 6.94. The van der Waals surface area contributed by atoms with Crippen LogP contribution in [0.1, 0.15) is 99.6 Å². The van der Waals surface area contributed by atoms with Crippen LogP contribution in [0.4, 0.5) is 13.2 Å². The molecular weight excluding hydrogens is 824 g/mol. The number of nitrogens with two attached hydrogens (primary N) is 1. The second-order valence-electron chi connectivity index (χ2n) is 17.1. The summed E-state index contributed by atoms with van der Waals surface area (Å²) >= 11 is 0. The summed E-state index contributed by atoms with van der Waals surface area (Å²) in [5.41, 5.74) is 6.92. The third-order valence-electron chi connectivity index (χ3n) is 11.6. The number of ether oxygens (including phenoxy) is 1. The van der Waals surface area contributed by atoms with Gasteiger partial charge in [0, 0.05) is 32.1 Å². The molecule has 0 aliphatic carbocycles. The number of alkyl halides is 3. The normalized spacial score (nSPS) is 28.0. The quantitative estimate of drug-likeness (QED) is 0.199. The van der Waals surface area contributed by atoms with Gasteiger partial charge in [-0.15, -0.1) is 0 Å². The highest BCUT2D eigenvalue weighted by Crippen LogP contribution is 2.29. The minimum absolute atomic E-state index is 0.0980. The zero-order valence-electron chi connectivity index (χ0n) is 38.6. The molecule has 0 saturated heterocycles. The molecule has 1 aromatic rings. The van der Waals surface area contributed by atoms with E-state index < -0.39 is 108 Å². The summed E-state index contributed by atoms with van der Waals surface area (Å²) in [6.45, 7) is 16.5. The molecule has 6 N–H and O–H groups in total. The molecule has 0 bridgehead atoms. The first kappa shape index (κ1) is 53.9. The maximum atomic E-state index is 14.2. The van der Waals surface area contributed by atoms with Crippen LogP contribution in [0.25, 0.3) is 0 Å². The van der Waals surface area contributed by atoms with Crippen molar-refractivity contribution >= 4 is 41.4 Å². The molecule has 1 aliphatic heterocycles. The predicted molar refractivity (Wildman–Crippen MR) is 232 cm³/mol. The molecule has 0 radical (unpaired) electrons. The average Bonchev–Trinajstić information content (AvgIpc) is 3.22. The summed E-state index contributed by atoms with van der Waals surface area (Å²) in [6.07, 6.45) is -2.07. The van der Waals surface area contributed by atoms with E-state index in [1.807, 2.05) is 47.6 Å². The molecular formula is C45H68F3N7O8. The predicted octanol–water partition coefficient (Wildman–Crippen LogP) is 3.80. The number of nitrogens with zero attached hydrogens (tertiary/aromatic N) is 2. The highest BCUT2D eigenvalue weighted by molar-refractivity contribution is 5.96. The van der Waals surface area contributed by atoms with Crippen LogP contribution in [0, 0.1) is 17.8 Å². The van der Waals surface area contributed by atoms with Gasteiger partial charge in [-0.3, -0.25) is 28.8 Å². The van der Waals surface area contributed by atoms with E-state index in [1.54, 1.807) is 13.0 Å². The zero-order valence-corrected chi connectivity index (χ0v) is 38.6. The highest BCUT2D eigenvalue weighted by Gasteiger charge is 2.37. The van der Waals surface area contributed by atoms with Crippen molar-refractivity contribution in [2.24, 2.45) is 23.5 Å². The summed E-state index contributed by atoms with van der Waals surface area (Å²) in [5, 5.41) is 10.9. The number of hydrogen-bond donors (Lipinski definition) is 5. The minimum Gasteiger partial charge on any atom is -0.449 e. The molecule has 0 spiro atoms. The fourth-order valence-corrected chi connectivity index (χ4v) is 6.94. The second kappa shape index (κ2) is 24.0. The lowest BCUT2D eigenvalue weighted by Gasteiger charge is -2.33. The van der Waals surface area contributed by atoms with Gasteiger partial charge in [0.1, 0.15) is 24.2 Å². The number of nitrogens with one attached hydrogen (secondary N) is 4. The SMILES string of the molecule is C/C=C(\C)[C@H]1NC(=O)[C@@H](C)NC(=O)[C@H](C(C)CC)NC(=O)CN(C)C(=O)[C@@H](Cc2ccc(C(F)(F)F)cc2)N(C)C(=O)[C@H](C)NC(=O)[C@@H](CC(C)C)OC(=O)/C(C)=C/C[C@H](N)[C@@H]1C. The van der Waals surface area contributed by atoms with Crippen molar-refractivity contribution in [3.8, 4) is 0 Å². The van der Waals surface area contributed by atoms with Crippen molar-refractivity contribution in [2.45, 2.75) is 143 Å². The lowest BCUT2D eigenvalue weighted by molar-refractivity contribution is -0.154. The number of amides is 6. The Morgan fingerprint density at radius 3 is 2.02 bits per heavy atom. The zero-order chi connectivity index (χ0) is 48.1. The Balaban J connectivity index is 2.66. The van der Waals surface area contributed by atoms with Gasteiger partial charge < -0.3 is 41.5 Å². The Kier molecular flexibility index (Phi) is 20.5. The first-order valence-corrected chi connectivity index (χ1v) is 21.4. The molecule has 63 heavy (non-hydrogen) atoms. The van der Waals surface area contributed by atoms with Crippen LogP contribution in [0.5, 0.6) is 0 Å². The number of esters is 1. The van der Waals surface area contributed by atoms with Crippen LogP contribution >= 0.6 is 0 Å². The summed E-state index contributed by atoms with van der Waals surface area (Å²) in [6, 6.07) is -1.96. The number of cyclic esters (lactones) is 1. The summed E-state index contributed by atoms with van der Waals surface area (Å²) < 4.78 is 45.8. The van der Waals surface area contributed by atoms with Crippen LogP contribution in [0.3, 0.4) is 0 Å². The molecule has 2 rings (SSSR count). The molecule has 1 aromatic carbocycles. The number of hydrogen-bond acceptors (Lipinski definition) is 9. The third kappa shape index (κ3) is 15.8. The first-order valence-electron chi connectivity index (χ1n) is 21.4. The largest absolute Gasteiger partial charge is 0.449 e. The van der Waals surface area contributed by atoms with E-state index in [-0.39, 0.29) is 42.2 Å². The van der Waals surface area contributed by atoms with Crippen molar-refractivity contribution in [3.05, 3.63) is 58.7 Å². The van der Waals surface area contributed by atoms with Crippen LogP contribution < -0.4 is 27.0 Å². The van der Waals surface area contributed by atoms with E-state index in [0.717, 1.165) is 27.5 Å². The number of allylic oxidation sites excluding steroid dienone is 1. The molecule has 0 aromatic heterocycles. The van der Waals surface area contributed by atoms with Gasteiger partial charge in [0.2, 0.25) is 29.5 Å². The number of likely N-dealkylation sites (N-methyl/N-ethyl adjacent to an activating group) is 2. The summed E-state index contributed by atoms with van der Waals surface area (Å²) in [4.78, 5) is 98.2. The standard InChI is InChI=1S/C45H68F3N7O8/c1-13-25(5)37-28(8)33(49)20-15-27(7)44(62)63-35(21-24(3)4)40(58)51-30(10)42(60)55(12)34(22-31-16-18-32(19-17-31)45(46,47)48)43(61)54(11)23-36(56)52-38(26(6)14-2)41(59)50-29(9)39(57)53-37/h13,15-19,24,26,28-30,33-35,37-38H,14,20-23,49H2,1-12H3,(H,50,59)(H,51,58)(H,52,56)(H,53,57)/b25-13+,27-15+/t26?,28-,29+,30-,33-,34+,35+,37+,38-/m0/s1. The van der Waals surface area contributed by atoms with Crippen molar-refractivity contribution in [1.29, 1.82) is 0 Å². The molecule has 18 heteroatoms. The molecule has 15 nitrogen and oxygen atoms in total. The monoisotopic (exact) mass is 892 g/mol. The van der Waals surface area contributed by atoms with Crippen molar-refractivity contribution in [2.75, 3.05) is 20.6 Å². The lowest BCUT2D eigenvalue weighted by atomic mass is 9.87. The van der Waals surface area contributed by atoms with Gasteiger partial charge >= 0.3 is 12.1 Å². The molecule has 1 unspecified atom stereocenters. The van der Waals surface area contributed by atoms with Crippen LogP contribution in [-0.2, 0) is 50.9 Å². The smallest absolute Gasteiger partial charge is 0.416 e. The van der Waals surface area contributed by atoms with E-state index in [2.05, 4.69) is 21.3 Å². The Bertz CT molecular complexity index is 1850. The molecule has 352 valence electrons. The minimum atomic E-state index is -4.62. The van der Waals surface area contributed by atoms with Gasteiger partial charge in [-0.25, -0.2) is 4.79 Å². The maximum absolute atomic E-state index is 14.2. The van der Waals surface area contributed by atoms with E-state index in [1.165, 1.54) is 47.0 Å². The van der Waals surface area contributed by atoms with E-state index in [0.29, 0.717) is 6.42 Å². The maximum Gasteiger partial charge on any atom is 0.416 e. The van der Waals surface area contributed by atoms with Gasteiger partial charge in [-0.2, -0.15) is 13.2 Å². The number of halogens is 3. The molecule has 6 amide bonds. The Morgan fingerprint density at radius 1 is 0.889 bits per heavy atom. The summed E-state index contributed by atoms with van der Waals surface area (Å²) in [5.74, 6) is -5.94. The second-order valence-corrected chi connectivity index (χ2v) is 17.1. The Hall–Kier alpha value is -5.26. The van der Waals surface area contributed by atoms with E-state index in [9.17, 15) is 46.7 Å². The third-order valence-corrected chi connectivity index (χ3v) is 11.6. The Morgan fingerprint density at radius 2 is 1.48 bits per heavy atom. The van der Waals surface area contributed by atoms with Gasteiger partial charge in [0.15, 0.2) is 6.10 Å². The van der Waals surface area contributed by atoms with Crippen LogP contribution in [-0.4, -0.2) is 114 Å². The van der Waals surface area contributed by atoms with Gasteiger partial charge in [0.05, 0.1) is 18.2 Å². The van der Waals surface area contributed by atoms with Crippen molar-refractivity contribution in [1.82, 2.24) is 31.1 Å². The number of benzene rings is 1. The molecule has 1 heterocycles. The fraction of sp³-hybridized carbons (Fsp3) is 0.622. The average molecular weight is 892 g/mol. The molecule has 9 atom stereocenters. The van der Waals surface area contributed by atoms with Crippen molar-refractivity contribution in [3.63, 3.8) is 0 Å². The van der Waals surface area contributed by atoms with Gasteiger partial charge in [0.25, 0.3) is 5.91 Å². The van der Waals surface area contributed by atoms with Crippen LogP contribution in [0.2, 0.25) is 0 Å². The van der Waals surface area contributed by atoms with E-state index >= 15 is 0 Å². The van der Waals surface area contributed by atoms with Crippen LogP contribution in [0.15, 0.2) is 47.6 Å². The van der Waals surface area contributed by atoms with E-state index in [4.69, 9.17) is 10.5 Å². The van der Waals surface area contributed by atoms with Gasteiger partial charge in [-0.05, 0) is 82.9 Å². The molecule has 1 aliphatic rings. The first-order chi connectivity index (χ1) is 29.2. The van der Waals surface area contributed by atoms with Gasteiger partial charge in [-0.1, -0.05) is 70.9 Å². The van der Waals surface area contributed by atoms with Crippen molar-refractivity contribution < 1.29 is 51.5 Å². The molecule has 0 fully saturated rings. The molecule has 0 saturated carbocycles.